The number of H-pyrrole nitrogens is 1. The predicted octanol–water partition coefficient (Wildman–Crippen LogP) is 3.72. The molecule has 6 rings (SSSR count). The summed E-state index contributed by atoms with van der Waals surface area (Å²) in [5, 5.41) is 0. The number of nitrogens with zero attached hydrogens (tertiary/aromatic N) is 5. The van der Waals surface area contributed by atoms with Gasteiger partial charge < -0.3 is 20.4 Å². The van der Waals surface area contributed by atoms with Crippen LogP contribution in [0, 0.1) is 24.6 Å². The van der Waals surface area contributed by atoms with Gasteiger partial charge in [-0.2, -0.15) is 0 Å². The average molecular weight is 514 g/mol. The van der Waals surface area contributed by atoms with Crippen molar-refractivity contribution in [1.29, 1.82) is 0 Å². The third kappa shape index (κ3) is 4.51. The van der Waals surface area contributed by atoms with E-state index in [2.05, 4.69) is 19.9 Å². The number of imidazole rings is 1. The molecule has 1 amide bonds. The smallest absolute Gasteiger partial charge is 0.274 e. The minimum absolute atomic E-state index is 0.0303. The number of benzene rings is 1. The molecule has 2 fully saturated rings. The van der Waals surface area contributed by atoms with Crippen LogP contribution in [-0.2, 0) is 5.54 Å². The number of aromatic nitrogens is 5. The first kappa shape index (κ1) is 24.2. The normalized spacial score (nSPS) is 20.3. The number of hydrogen-bond acceptors (Lipinski definition) is 7. The fraction of sp³-hybridized carbons (Fsp3) is 0.321. The van der Waals surface area contributed by atoms with Crippen LogP contribution >= 0.6 is 0 Å². The van der Waals surface area contributed by atoms with Crippen molar-refractivity contribution in [1.82, 2.24) is 29.8 Å². The number of amides is 1. The topological polar surface area (TPSA) is 123 Å². The molecular formula is C28H28FN7O2. The summed E-state index contributed by atoms with van der Waals surface area (Å²) >= 11 is 0. The van der Waals surface area contributed by atoms with Crippen molar-refractivity contribution in [2.24, 2.45) is 17.6 Å². The van der Waals surface area contributed by atoms with Gasteiger partial charge in [-0.25, -0.2) is 24.3 Å². The quantitative estimate of drug-likeness (QED) is 0.403. The summed E-state index contributed by atoms with van der Waals surface area (Å²) in [4.78, 5) is 35.8. The maximum atomic E-state index is 13.5. The van der Waals surface area contributed by atoms with Gasteiger partial charge in [0.2, 0.25) is 5.88 Å². The van der Waals surface area contributed by atoms with Crippen LogP contribution in [0.15, 0.2) is 54.9 Å². The van der Waals surface area contributed by atoms with E-state index in [-0.39, 0.29) is 29.7 Å². The van der Waals surface area contributed by atoms with Gasteiger partial charge in [-0.15, -0.1) is 0 Å². The molecule has 2 aliphatic rings. The van der Waals surface area contributed by atoms with Gasteiger partial charge in [0.15, 0.2) is 11.6 Å². The Labute approximate surface area is 219 Å². The predicted molar refractivity (Wildman–Crippen MR) is 138 cm³/mol. The van der Waals surface area contributed by atoms with E-state index in [9.17, 15) is 9.18 Å². The zero-order valence-electron chi connectivity index (χ0n) is 21.4. The molecule has 1 saturated carbocycles. The Balaban J connectivity index is 1.16. The summed E-state index contributed by atoms with van der Waals surface area (Å²) in [7, 11) is 0. The number of aryl methyl sites for hydroxylation is 1. The minimum atomic E-state index is -0.608. The summed E-state index contributed by atoms with van der Waals surface area (Å²) < 4.78 is 19.8. The minimum Gasteiger partial charge on any atom is -0.474 e. The molecule has 1 aliphatic heterocycles. The number of ether oxygens (including phenoxy) is 1. The van der Waals surface area contributed by atoms with E-state index in [1.54, 1.807) is 30.6 Å². The van der Waals surface area contributed by atoms with E-state index in [0.717, 1.165) is 11.1 Å². The van der Waals surface area contributed by atoms with Crippen LogP contribution in [0.1, 0.15) is 35.6 Å². The molecule has 9 nitrogen and oxygen atoms in total. The Hall–Kier alpha value is -4.18. The molecule has 194 valence electrons. The van der Waals surface area contributed by atoms with Crippen molar-refractivity contribution in [2.45, 2.75) is 32.4 Å². The molecule has 1 saturated heterocycles. The van der Waals surface area contributed by atoms with E-state index in [1.807, 2.05) is 37.8 Å². The standard InChI is InChI=1S/C28H28FN7O2/c1-15-23(35-26(33-15)25-31-9-4-10-32-25)27(37)36-13-19-20(14-36)24(19)38-22-12-17(28(2,3)30)11-21(34-22)16-5-7-18(29)8-6-16/h4-12,19-20,24H,13-14,30H2,1-3H3,(H,33,35). The summed E-state index contributed by atoms with van der Waals surface area (Å²) in [6.07, 6.45) is 3.24. The van der Waals surface area contributed by atoms with Crippen molar-refractivity contribution in [2.75, 3.05) is 13.1 Å². The molecular weight excluding hydrogens is 485 g/mol. The van der Waals surface area contributed by atoms with Crippen molar-refractivity contribution in [3.8, 4) is 28.8 Å². The molecule has 2 atom stereocenters. The molecule has 0 bridgehead atoms. The third-order valence-corrected chi connectivity index (χ3v) is 7.21. The molecule has 3 N–H and O–H groups in total. The largest absolute Gasteiger partial charge is 0.474 e. The van der Waals surface area contributed by atoms with Gasteiger partial charge >= 0.3 is 0 Å². The first-order valence-electron chi connectivity index (χ1n) is 12.5. The van der Waals surface area contributed by atoms with E-state index in [4.69, 9.17) is 15.5 Å². The Morgan fingerprint density at radius 2 is 1.79 bits per heavy atom. The lowest BCUT2D eigenvalue weighted by atomic mass is 9.95. The van der Waals surface area contributed by atoms with Gasteiger partial charge in [-0.1, -0.05) is 0 Å². The van der Waals surface area contributed by atoms with Gasteiger partial charge in [0.1, 0.15) is 17.6 Å². The van der Waals surface area contributed by atoms with Crippen LogP contribution in [0.3, 0.4) is 0 Å². The monoisotopic (exact) mass is 513 g/mol. The summed E-state index contributed by atoms with van der Waals surface area (Å²) in [6, 6.07) is 11.7. The van der Waals surface area contributed by atoms with Crippen LogP contribution in [0.2, 0.25) is 0 Å². The van der Waals surface area contributed by atoms with Crippen molar-refractivity contribution in [3.63, 3.8) is 0 Å². The lowest BCUT2D eigenvalue weighted by molar-refractivity contribution is 0.0745. The highest BCUT2D eigenvalue weighted by Crippen LogP contribution is 2.48. The highest BCUT2D eigenvalue weighted by Gasteiger charge is 2.59. The first-order valence-corrected chi connectivity index (χ1v) is 12.5. The molecule has 0 radical (unpaired) electrons. The third-order valence-electron chi connectivity index (χ3n) is 7.21. The van der Waals surface area contributed by atoms with E-state index in [0.29, 0.717) is 47.7 Å². The molecule has 1 aromatic carbocycles. The van der Waals surface area contributed by atoms with Crippen LogP contribution in [0.4, 0.5) is 4.39 Å². The number of likely N-dealkylation sites (tertiary alicyclic amines) is 1. The Bertz CT molecular complexity index is 1490. The van der Waals surface area contributed by atoms with E-state index >= 15 is 0 Å². The van der Waals surface area contributed by atoms with Crippen LogP contribution < -0.4 is 10.5 Å². The zero-order valence-corrected chi connectivity index (χ0v) is 21.4. The first-order chi connectivity index (χ1) is 18.2. The molecule has 2 unspecified atom stereocenters. The van der Waals surface area contributed by atoms with Gasteiger partial charge in [-0.05, 0) is 62.7 Å². The molecule has 38 heavy (non-hydrogen) atoms. The molecule has 4 heterocycles. The maximum Gasteiger partial charge on any atom is 0.274 e. The number of halogens is 1. The SMILES string of the molecule is Cc1[nH]c(-c2ncccn2)nc1C(=O)N1CC2C(C1)C2Oc1cc(C(C)(C)N)cc(-c2ccc(F)cc2)n1. The van der Waals surface area contributed by atoms with Gasteiger partial charge in [0.25, 0.3) is 5.91 Å². The number of nitrogens with two attached hydrogens (primary N) is 1. The lowest BCUT2D eigenvalue weighted by Gasteiger charge is -2.22. The summed E-state index contributed by atoms with van der Waals surface area (Å²) in [5.41, 5.74) is 9.18. The van der Waals surface area contributed by atoms with Gasteiger partial charge in [-0.3, -0.25) is 4.79 Å². The van der Waals surface area contributed by atoms with Gasteiger partial charge in [0, 0.05) is 60.2 Å². The number of carbonyl (C=O) groups excluding carboxylic acids is 1. The number of hydrogen-bond donors (Lipinski definition) is 2. The van der Waals surface area contributed by atoms with Crippen molar-refractivity contribution < 1.29 is 13.9 Å². The van der Waals surface area contributed by atoms with Crippen LogP contribution in [0.25, 0.3) is 22.9 Å². The van der Waals surface area contributed by atoms with Crippen LogP contribution in [-0.4, -0.2) is 54.9 Å². The molecule has 4 aromatic rings. The Morgan fingerprint density at radius 3 is 2.45 bits per heavy atom. The summed E-state index contributed by atoms with van der Waals surface area (Å²) in [5.74, 6) is 1.43. The van der Waals surface area contributed by atoms with Crippen LogP contribution in [0.5, 0.6) is 5.88 Å². The number of rotatable bonds is 6. The average Bonchev–Trinajstić information content (AvgIpc) is 3.22. The Kier molecular flexibility index (Phi) is 5.71. The lowest BCUT2D eigenvalue weighted by Crippen LogP contribution is -2.34. The number of carbonyl (C=O) groups is 1. The number of piperidine rings is 1. The molecule has 1 aliphatic carbocycles. The van der Waals surface area contributed by atoms with Crippen molar-refractivity contribution in [3.05, 3.63) is 77.6 Å². The summed E-state index contributed by atoms with van der Waals surface area (Å²) in [6.45, 7) is 6.84. The maximum absolute atomic E-state index is 13.5. The van der Waals surface area contributed by atoms with Crippen molar-refractivity contribution >= 4 is 5.91 Å². The second kappa shape index (κ2) is 8.98. The number of pyridine rings is 1. The highest BCUT2D eigenvalue weighted by molar-refractivity contribution is 5.94. The zero-order chi connectivity index (χ0) is 26.6. The molecule has 0 spiro atoms. The second-order valence-corrected chi connectivity index (χ2v) is 10.6. The van der Waals surface area contributed by atoms with E-state index < -0.39 is 5.54 Å². The highest BCUT2D eigenvalue weighted by atomic mass is 19.1. The Morgan fingerprint density at radius 1 is 1.11 bits per heavy atom. The fourth-order valence-electron chi connectivity index (χ4n) is 5.00. The molecule has 10 heteroatoms. The number of fused-ring (bicyclic) bond motifs is 1. The molecule has 3 aromatic heterocycles. The van der Waals surface area contributed by atoms with E-state index in [1.165, 1.54) is 12.1 Å². The second-order valence-electron chi connectivity index (χ2n) is 10.6. The number of aromatic amines is 1. The van der Waals surface area contributed by atoms with Gasteiger partial charge in [0.05, 0.1) is 5.69 Å². The number of nitrogens with one attached hydrogen (secondary N) is 1. The fourth-order valence-corrected chi connectivity index (χ4v) is 5.00.